The summed E-state index contributed by atoms with van der Waals surface area (Å²) in [5.41, 5.74) is 4.27. The fourth-order valence-electron chi connectivity index (χ4n) is 3.64. The van der Waals surface area contributed by atoms with Gasteiger partial charge in [-0.05, 0) is 73.7 Å². The highest BCUT2D eigenvalue weighted by molar-refractivity contribution is 7.99. The van der Waals surface area contributed by atoms with Crippen molar-refractivity contribution < 1.29 is 9.21 Å². The number of tetrazole rings is 1. The maximum absolute atomic E-state index is 13.2. The SMILES string of the molecule is Cc1ccc(-n2nnnc2SCC(=O)N(Cc2ccco2)C2=CCCCC2)c(C)c1. The van der Waals surface area contributed by atoms with Gasteiger partial charge in [0.2, 0.25) is 11.1 Å². The van der Waals surface area contributed by atoms with Crippen molar-refractivity contribution in [3.63, 3.8) is 0 Å². The molecule has 1 aliphatic rings. The second-order valence-corrected chi connectivity index (χ2v) is 8.39. The molecule has 1 amide bonds. The molecule has 2 heterocycles. The zero-order valence-electron chi connectivity index (χ0n) is 17.2. The second kappa shape index (κ2) is 9.30. The van der Waals surface area contributed by atoms with Crippen LogP contribution in [0.4, 0.5) is 0 Å². The van der Waals surface area contributed by atoms with Crippen LogP contribution in [0.15, 0.2) is 57.9 Å². The number of carbonyl (C=O) groups excluding carboxylic acids is 1. The molecule has 0 saturated carbocycles. The summed E-state index contributed by atoms with van der Waals surface area (Å²) in [6, 6.07) is 9.88. The molecular weight excluding hydrogens is 398 g/mol. The average Bonchev–Trinajstić information content (AvgIpc) is 3.43. The van der Waals surface area contributed by atoms with Gasteiger partial charge in [0, 0.05) is 5.70 Å². The first-order chi connectivity index (χ1) is 14.6. The lowest BCUT2D eigenvalue weighted by molar-refractivity contribution is -0.127. The molecule has 8 heteroatoms. The molecule has 0 radical (unpaired) electrons. The van der Waals surface area contributed by atoms with Crippen LogP contribution in [0.5, 0.6) is 0 Å². The first-order valence-corrected chi connectivity index (χ1v) is 11.1. The Hall–Kier alpha value is -2.87. The normalized spacial score (nSPS) is 13.9. The zero-order valence-corrected chi connectivity index (χ0v) is 18.1. The van der Waals surface area contributed by atoms with E-state index in [0.29, 0.717) is 11.7 Å². The molecule has 0 aliphatic heterocycles. The minimum absolute atomic E-state index is 0.0275. The predicted octanol–water partition coefficient (Wildman–Crippen LogP) is 4.45. The summed E-state index contributed by atoms with van der Waals surface area (Å²) in [5.74, 6) is 1.06. The molecule has 0 bridgehead atoms. The summed E-state index contributed by atoms with van der Waals surface area (Å²) in [6.07, 6.45) is 8.01. The van der Waals surface area contributed by atoms with Gasteiger partial charge in [-0.1, -0.05) is 35.5 Å². The van der Waals surface area contributed by atoms with Gasteiger partial charge in [-0.2, -0.15) is 4.68 Å². The number of rotatable bonds is 7. The van der Waals surface area contributed by atoms with Gasteiger partial charge in [0.05, 0.1) is 24.2 Å². The van der Waals surface area contributed by atoms with E-state index in [1.807, 2.05) is 36.1 Å². The highest BCUT2D eigenvalue weighted by Gasteiger charge is 2.22. The Morgan fingerprint density at radius 2 is 2.17 bits per heavy atom. The largest absolute Gasteiger partial charge is 0.467 e. The molecule has 0 saturated heterocycles. The van der Waals surface area contributed by atoms with Gasteiger partial charge in [0.25, 0.3) is 0 Å². The van der Waals surface area contributed by atoms with E-state index < -0.39 is 0 Å². The molecule has 156 valence electrons. The first kappa shape index (κ1) is 20.4. The topological polar surface area (TPSA) is 77.1 Å². The number of aryl methyl sites for hydroxylation is 2. The summed E-state index contributed by atoms with van der Waals surface area (Å²) in [7, 11) is 0. The van der Waals surface area contributed by atoms with Crippen molar-refractivity contribution in [1.29, 1.82) is 0 Å². The minimum Gasteiger partial charge on any atom is -0.467 e. The molecule has 4 rings (SSSR count). The Morgan fingerprint density at radius 3 is 2.90 bits per heavy atom. The maximum Gasteiger partial charge on any atom is 0.237 e. The Morgan fingerprint density at radius 1 is 1.27 bits per heavy atom. The molecule has 0 atom stereocenters. The van der Waals surface area contributed by atoms with Gasteiger partial charge < -0.3 is 9.32 Å². The van der Waals surface area contributed by atoms with Gasteiger partial charge in [-0.3, -0.25) is 4.79 Å². The molecule has 0 unspecified atom stereocenters. The second-order valence-electron chi connectivity index (χ2n) is 7.45. The van der Waals surface area contributed by atoms with Crippen LogP contribution in [0.25, 0.3) is 5.69 Å². The van der Waals surface area contributed by atoms with Crippen LogP contribution >= 0.6 is 11.8 Å². The van der Waals surface area contributed by atoms with Crippen molar-refractivity contribution in [1.82, 2.24) is 25.1 Å². The lowest BCUT2D eigenvalue weighted by Crippen LogP contribution is -2.32. The summed E-state index contributed by atoms with van der Waals surface area (Å²) >= 11 is 1.35. The van der Waals surface area contributed by atoms with Crippen molar-refractivity contribution >= 4 is 17.7 Å². The van der Waals surface area contributed by atoms with Crippen LogP contribution in [-0.4, -0.2) is 36.8 Å². The van der Waals surface area contributed by atoms with Crippen molar-refractivity contribution in [2.24, 2.45) is 0 Å². The third-order valence-corrected chi connectivity index (χ3v) is 6.06. The standard InChI is InChI=1S/C22H25N5O2S/c1-16-10-11-20(17(2)13-16)27-22(23-24-25-27)30-15-21(28)26(14-19-9-6-12-29-19)18-7-4-3-5-8-18/h6-7,9-13H,3-5,8,14-15H2,1-2H3. The van der Waals surface area contributed by atoms with Crippen molar-refractivity contribution in [3.05, 3.63) is 65.3 Å². The molecule has 1 aromatic carbocycles. The lowest BCUT2D eigenvalue weighted by Gasteiger charge is -2.27. The van der Waals surface area contributed by atoms with Gasteiger partial charge >= 0.3 is 0 Å². The Kier molecular flexibility index (Phi) is 6.32. The molecule has 2 aromatic heterocycles. The number of hydrogen-bond acceptors (Lipinski definition) is 6. The molecule has 0 N–H and O–H groups in total. The summed E-state index contributed by atoms with van der Waals surface area (Å²) < 4.78 is 7.19. The fraction of sp³-hybridized carbons (Fsp3) is 0.364. The van der Waals surface area contributed by atoms with Gasteiger partial charge in [0.15, 0.2) is 0 Å². The van der Waals surface area contributed by atoms with E-state index in [9.17, 15) is 4.79 Å². The van der Waals surface area contributed by atoms with E-state index in [4.69, 9.17) is 4.42 Å². The quantitative estimate of drug-likeness (QED) is 0.523. The van der Waals surface area contributed by atoms with E-state index in [0.717, 1.165) is 42.0 Å². The molecule has 7 nitrogen and oxygen atoms in total. The number of aromatic nitrogens is 4. The van der Waals surface area contributed by atoms with E-state index in [-0.39, 0.29) is 11.7 Å². The summed E-state index contributed by atoms with van der Waals surface area (Å²) in [6.45, 7) is 4.53. The van der Waals surface area contributed by atoms with Gasteiger partial charge in [0.1, 0.15) is 5.76 Å². The lowest BCUT2D eigenvalue weighted by atomic mass is 10.0. The molecular formula is C22H25N5O2S. The van der Waals surface area contributed by atoms with E-state index >= 15 is 0 Å². The van der Waals surface area contributed by atoms with Gasteiger partial charge in [-0.25, -0.2) is 0 Å². The van der Waals surface area contributed by atoms with E-state index in [2.05, 4.69) is 34.6 Å². The Bertz CT molecular complexity index is 1040. The monoisotopic (exact) mass is 423 g/mol. The third-order valence-electron chi connectivity index (χ3n) is 5.15. The van der Waals surface area contributed by atoms with E-state index in [1.54, 1.807) is 10.9 Å². The number of allylic oxidation sites excluding steroid dienone is 2. The molecule has 30 heavy (non-hydrogen) atoms. The van der Waals surface area contributed by atoms with Crippen molar-refractivity contribution in [2.75, 3.05) is 5.75 Å². The average molecular weight is 424 g/mol. The van der Waals surface area contributed by atoms with Crippen LogP contribution in [0, 0.1) is 13.8 Å². The number of amides is 1. The van der Waals surface area contributed by atoms with Crippen molar-refractivity contribution in [3.8, 4) is 5.69 Å². The molecule has 1 aliphatic carbocycles. The van der Waals surface area contributed by atoms with Crippen LogP contribution in [0.1, 0.15) is 42.6 Å². The van der Waals surface area contributed by atoms with Crippen LogP contribution in [0.3, 0.4) is 0 Å². The maximum atomic E-state index is 13.2. The number of thioether (sulfide) groups is 1. The predicted molar refractivity (Wildman–Crippen MR) is 115 cm³/mol. The van der Waals surface area contributed by atoms with Crippen molar-refractivity contribution in [2.45, 2.75) is 51.2 Å². The number of nitrogens with zero attached hydrogens (tertiary/aromatic N) is 5. The van der Waals surface area contributed by atoms with Crippen LogP contribution in [-0.2, 0) is 11.3 Å². The highest BCUT2D eigenvalue weighted by Crippen LogP contribution is 2.26. The number of hydrogen-bond donors (Lipinski definition) is 0. The number of carbonyl (C=O) groups is 1. The van der Waals surface area contributed by atoms with Crippen LogP contribution < -0.4 is 0 Å². The fourth-order valence-corrected chi connectivity index (χ4v) is 4.40. The molecule has 0 fully saturated rings. The summed E-state index contributed by atoms with van der Waals surface area (Å²) in [4.78, 5) is 15.0. The van der Waals surface area contributed by atoms with Gasteiger partial charge in [-0.15, -0.1) is 5.10 Å². The third kappa shape index (κ3) is 4.64. The van der Waals surface area contributed by atoms with Crippen LogP contribution in [0.2, 0.25) is 0 Å². The molecule has 0 spiro atoms. The first-order valence-electron chi connectivity index (χ1n) is 10.1. The molecule has 3 aromatic rings. The minimum atomic E-state index is 0.0275. The number of benzene rings is 1. The Labute approximate surface area is 180 Å². The zero-order chi connectivity index (χ0) is 20.9. The smallest absolute Gasteiger partial charge is 0.237 e. The Balaban J connectivity index is 1.50. The van der Waals surface area contributed by atoms with E-state index in [1.165, 1.54) is 23.7 Å². The summed E-state index contributed by atoms with van der Waals surface area (Å²) in [5, 5.41) is 12.7. The number of furan rings is 1. The highest BCUT2D eigenvalue weighted by atomic mass is 32.2.